The lowest BCUT2D eigenvalue weighted by Gasteiger charge is -2.31. The van der Waals surface area contributed by atoms with E-state index in [4.69, 9.17) is 0 Å². The van der Waals surface area contributed by atoms with Gasteiger partial charge in [0.15, 0.2) is 0 Å². The van der Waals surface area contributed by atoms with Gasteiger partial charge >= 0.3 is 0 Å². The zero-order valence-electron chi connectivity index (χ0n) is 10.5. The first-order chi connectivity index (χ1) is 8.74. The lowest BCUT2D eigenvalue weighted by atomic mass is 10.3. The van der Waals surface area contributed by atoms with E-state index in [1.54, 1.807) is 17.6 Å². The first kappa shape index (κ1) is 13.2. The Hall–Kier alpha value is -1.24. The highest BCUT2D eigenvalue weighted by molar-refractivity contribution is 7.08. The highest BCUT2D eigenvalue weighted by atomic mass is 32.1. The molecule has 0 saturated carbocycles. The molecule has 6 heteroatoms. The summed E-state index contributed by atoms with van der Waals surface area (Å²) < 4.78 is 0. The molecule has 0 aliphatic carbocycles. The Morgan fingerprint density at radius 2 is 2.28 bits per heavy atom. The van der Waals surface area contributed by atoms with Crippen LogP contribution >= 0.6 is 11.3 Å². The largest absolute Gasteiger partial charge is 0.304 e. The molecule has 98 valence electrons. The van der Waals surface area contributed by atoms with Gasteiger partial charge in [-0.05, 0) is 23.9 Å². The van der Waals surface area contributed by atoms with Gasteiger partial charge in [0.1, 0.15) is 0 Å². The van der Waals surface area contributed by atoms with Crippen molar-refractivity contribution in [2.75, 3.05) is 39.8 Å². The number of nitrogens with zero attached hydrogens (tertiary/aromatic N) is 3. The summed E-state index contributed by atoms with van der Waals surface area (Å²) in [6.45, 7) is 4.35. The highest BCUT2D eigenvalue weighted by Gasteiger charge is 2.15. The van der Waals surface area contributed by atoms with Gasteiger partial charge in [0.05, 0.1) is 12.8 Å². The molecule has 1 aromatic heterocycles. The predicted octanol–water partition coefficient (Wildman–Crippen LogP) is 0.446. The van der Waals surface area contributed by atoms with E-state index in [1.165, 1.54) is 0 Å². The van der Waals surface area contributed by atoms with Crippen LogP contribution in [0.5, 0.6) is 0 Å². The van der Waals surface area contributed by atoms with Crippen molar-refractivity contribution in [1.82, 2.24) is 15.2 Å². The van der Waals surface area contributed by atoms with Crippen LogP contribution < -0.4 is 5.43 Å². The molecule has 0 aromatic carbocycles. The number of amides is 1. The van der Waals surface area contributed by atoms with Crippen molar-refractivity contribution in [2.24, 2.45) is 5.10 Å². The second-order valence-corrected chi connectivity index (χ2v) is 5.21. The number of hydrogen-bond acceptors (Lipinski definition) is 5. The molecule has 0 radical (unpaired) electrons. The summed E-state index contributed by atoms with van der Waals surface area (Å²) in [5.41, 5.74) is 3.57. The third-order valence-corrected chi connectivity index (χ3v) is 3.61. The highest BCUT2D eigenvalue weighted by Crippen LogP contribution is 2.02. The minimum absolute atomic E-state index is 0.0500. The Morgan fingerprint density at radius 3 is 2.94 bits per heavy atom. The number of hydrazone groups is 1. The standard InChI is InChI=1S/C12H18N4OS/c1-15-3-5-16(6-4-15)9-12(17)14-13-8-11-2-7-18-10-11/h2,7-8,10H,3-6,9H2,1H3,(H,14,17). The van der Waals surface area contributed by atoms with Gasteiger partial charge in [0.25, 0.3) is 5.91 Å². The molecule has 1 aliphatic heterocycles. The third-order valence-electron chi connectivity index (χ3n) is 2.91. The van der Waals surface area contributed by atoms with E-state index in [-0.39, 0.29) is 5.91 Å². The normalized spacial score (nSPS) is 18.3. The van der Waals surface area contributed by atoms with E-state index in [1.807, 2.05) is 16.8 Å². The van der Waals surface area contributed by atoms with Crippen LogP contribution in [0.2, 0.25) is 0 Å². The molecular formula is C12H18N4OS. The van der Waals surface area contributed by atoms with Crippen molar-refractivity contribution in [1.29, 1.82) is 0 Å². The van der Waals surface area contributed by atoms with Gasteiger partial charge in [0.2, 0.25) is 0 Å². The van der Waals surface area contributed by atoms with Crippen LogP contribution in [0.4, 0.5) is 0 Å². The summed E-state index contributed by atoms with van der Waals surface area (Å²) in [5.74, 6) is -0.0500. The minimum Gasteiger partial charge on any atom is -0.304 e. The van der Waals surface area contributed by atoms with E-state index < -0.39 is 0 Å². The second-order valence-electron chi connectivity index (χ2n) is 4.43. The van der Waals surface area contributed by atoms with Gasteiger partial charge in [-0.1, -0.05) is 0 Å². The maximum absolute atomic E-state index is 11.6. The van der Waals surface area contributed by atoms with Crippen molar-refractivity contribution in [2.45, 2.75) is 0 Å². The smallest absolute Gasteiger partial charge is 0.254 e. The molecule has 0 unspecified atom stereocenters. The molecule has 1 amide bonds. The first-order valence-electron chi connectivity index (χ1n) is 5.99. The molecule has 18 heavy (non-hydrogen) atoms. The van der Waals surface area contributed by atoms with Crippen molar-refractivity contribution < 1.29 is 4.79 Å². The summed E-state index contributed by atoms with van der Waals surface area (Å²) in [6.07, 6.45) is 1.67. The van der Waals surface area contributed by atoms with Crippen molar-refractivity contribution in [3.8, 4) is 0 Å². The van der Waals surface area contributed by atoms with Gasteiger partial charge in [-0.25, -0.2) is 5.43 Å². The summed E-state index contributed by atoms with van der Waals surface area (Å²) in [5, 5.41) is 7.90. The summed E-state index contributed by atoms with van der Waals surface area (Å²) >= 11 is 1.61. The van der Waals surface area contributed by atoms with Crippen LogP contribution in [0.3, 0.4) is 0 Å². The average Bonchev–Trinajstić information content (AvgIpc) is 2.85. The summed E-state index contributed by atoms with van der Waals surface area (Å²) in [7, 11) is 2.10. The maximum Gasteiger partial charge on any atom is 0.254 e. The monoisotopic (exact) mass is 266 g/mol. The van der Waals surface area contributed by atoms with Gasteiger partial charge in [-0.15, -0.1) is 0 Å². The molecule has 1 aromatic rings. The summed E-state index contributed by atoms with van der Waals surface area (Å²) in [6, 6.07) is 1.96. The number of hydrogen-bond donors (Lipinski definition) is 1. The third kappa shape index (κ3) is 4.21. The lowest BCUT2D eigenvalue weighted by molar-refractivity contribution is -0.122. The zero-order chi connectivity index (χ0) is 12.8. The zero-order valence-corrected chi connectivity index (χ0v) is 11.3. The number of carbonyl (C=O) groups is 1. The van der Waals surface area contributed by atoms with Crippen LogP contribution in [0.15, 0.2) is 21.9 Å². The maximum atomic E-state index is 11.6. The topological polar surface area (TPSA) is 47.9 Å². The van der Waals surface area contributed by atoms with Crippen molar-refractivity contribution in [3.63, 3.8) is 0 Å². The number of likely N-dealkylation sites (N-methyl/N-ethyl adjacent to an activating group) is 1. The van der Waals surface area contributed by atoms with E-state index >= 15 is 0 Å². The van der Waals surface area contributed by atoms with Gasteiger partial charge < -0.3 is 4.90 Å². The van der Waals surface area contributed by atoms with Crippen LogP contribution in [-0.4, -0.2) is 61.7 Å². The number of carbonyl (C=O) groups excluding carboxylic acids is 1. The molecule has 1 aliphatic rings. The molecular weight excluding hydrogens is 248 g/mol. The molecule has 2 heterocycles. The Labute approximate surface area is 111 Å². The SMILES string of the molecule is CN1CCN(CC(=O)NN=Cc2ccsc2)CC1. The average molecular weight is 266 g/mol. The number of thiophene rings is 1. The van der Waals surface area contributed by atoms with Crippen molar-refractivity contribution >= 4 is 23.5 Å². The Balaban J connectivity index is 1.69. The Kier molecular flexibility index (Phi) is 4.86. The molecule has 0 atom stereocenters. The van der Waals surface area contributed by atoms with E-state index in [9.17, 15) is 4.79 Å². The molecule has 2 rings (SSSR count). The number of nitrogens with one attached hydrogen (secondary N) is 1. The molecule has 5 nitrogen and oxygen atoms in total. The minimum atomic E-state index is -0.0500. The molecule has 1 N–H and O–H groups in total. The number of rotatable bonds is 4. The quantitative estimate of drug-likeness (QED) is 0.636. The summed E-state index contributed by atoms with van der Waals surface area (Å²) in [4.78, 5) is 16.1. The van der Waals surface area contributed by atoms with Gasteiger partial charge in [-0.2, -0.15) is 16.4 Å². The van der Waals surface area contributed by atoms with E-state index in [0.29, 0.717) is 6.54 Å². The Bertz CT molecular complexity index is 396. The second kappa shape index (κ2) is 6.63. The molecule has 0 spiro atoms. The Morgan fingerprint density at radius 1 is 1.50 bits per heavy atom. The van der Waals surface area contributed by atoms with Crippen LogP contribution in [-0.2, 0) is 4.79 Å². The lowest BCUT2D eigenvalue weighted by Crippen LogP contribution is -2.47. The van der Waals surface area contributed by atoms with Gasteiger partial charge in [-0.3, -0.25) is 9.69 Å². The fourth-order valence-corrected chi connectivity index (χ4v) is 2.38. The molecule has 1 fully saturated rings. The van der Waals surface area contributed by atoms with Crippen LogP contribution in [0.25, 0.3) is 0 Å². The predicted molar refractivity (Wildman–Crippen MR) is 74.0 cm³/mol. The van der Waals surface area contributed by atoms with Crippen LogP contribution in [0, 0.1) is 0 Å². The first-order valence-corrected chi connectivity index (χ1v) is 6.93. The van der Waals surface area contributed by atoms with E-state index in [2.05, 4.69) is 27.4 Å². The van der Waals surface area contributed by atoms with Crippen molar-refractivity contribution in [3.05, 3.63) is 22.4 Å². The number of piperazine rings is 1. The fraction of sp³-hybridized carbons (Fsp3) is 0.500. The molecule has 0 bridgehead atoms. The van der Waals surface area contributed by atoms with E-state index in [0.717, 1.165) is 31.7 Å². The molecule has 1 saturated heterocycles. The fourth-order valence-electron chi connectivity index (χ4n) is 1.77. The van der Waals surface area contributed by atoms with Gasteiger partial charge in [0, 0.05) is 31.7 Å². The van der Waals surface area contributed by atoms with Crippen LogP contribution in [0.1, 0.15) is 5.56 Å².